The lowest BCUT2D eigenvalue weighted by atomic mass is 10.2. The first-order chi connectivity index (χ1) is 8.26. The maximum atomic E-state index is 8.43. The first-order valence-electron chi connectivity index (χ1n) is 5.64. The Labute approximate surface area is 102 Å². The van der Waals surface area contributed by atoms with Crippen molar-refractivity contribution in [1.29, 1.82) is 5.26 Å². The quantitative estimate of drug-likeness (QED) is 0.736. The number of hydrogen-bond acceptors (Lipinski definition) is 4. The Balaban J connectivity index is 2.23. The van der Waals surface area contributed by atoms with E-state index in [9.17, 15) is 0 Å². The molecule has 0 amide bonds. The number of benzene rings is 1. The molecule has 0 aliphatic heterocycles. The van der Waals surface area contributed by atoms with Gasteiger partial charge in [-0.1, -0.05) is 12.1 Å². The van der Waals surface area contributed by atoms with Crippen LogP contribution in [0, 0.1) is 11.3 Å². The Hall–Kier alpha value is -1.57. The number of methoxy groups -OCH3 is 1. The van der Waals surface area contributed by atoms with E-state index in [1.165, 1.54) is 0 Å². The number of hydrogen-bond donors (Lipinski definition) is 1. The van der Waals surface area contributed by atoms with Gasteiger partial charge in [0.15, 0.2) is 0 Å². The van der Waals surface area contributed by atoms with Crippen molar-refractivity contribution in [2.45, 2.75) is 32.4 Å². The van der Waals surface area contributed by atoms with Crippen molar-refractivity contribution in [2.75, 3.05) is 7.11 Å². The molecule has 1 aromatic rings. The fourth-order valence-corrected chi connectivity index (χ4v) is 1.34. The second kappa shape index (κ2) is 7.66. The van der Waals surface area contributed by atoms with Gasteiger partial charge in [0.2, 0.25) is 0 Å². The van der Waals surface area contributed by atoms with E-state index in [4.69, 9.17) is 14.8 Å². The van der Waals surface area contributed by atoms with E-state index < -0.39 is 0 Å². The van der Waals surface area contributed by atoms with Crippen LogP contribution in [0.25, 0.3) is 0 Å². The highest BCUT2D eigenvalue weighted by atomic mass is 16.7. The van der Waals surface area contributed by atoms with Crippen LogP contribution in [0.3, 0.4) is 0 Å². The van der Waals surface area contributed by atoms with E-state index in [0.29, 0.717) is 13.0 Å². The monoisotopic (exact) mass is 234 g/mol. The third-order valence-corrected chi connectivity index (χ3v) is 2.38. The fraction of sp³-hybridized carbons (Fsp3) is 0.462. The topological polar surface area (TPSA) is 54.3 Å². The zero-order valence-corrected chi connectivity index (χ0v) is 10.3. The van der Waals surface area contributed by atoms with Crippen LogP contribution in [0.5, 0.6) is 5.75 Å². The van der Waals surface area contributed by atoms with Gasteiger partial charge in [0, 0.05) is 13.0 Å². The van der Waals surface area contributed by atoms with Crippen molar-refractivity contribution in [3.05, 3.63) is 29.8 Å². The summed E-state index contributed by atoms with van der Waals surface area (Å²) >= 11 is 0. The molecule has 0 aliphatic rings. The molecule has 92 valence electrons. The zero-order chi connectivity index (χ0) is 12.5. The van der Waals surface area contributed by atoms with E-state index in [1.807, 2.05) is 31.2 Å². The summed E-state index contributed by atoms with van der Waals surface area (Å²) in [4.78, 5) is 5.37. The van der Waals surface area contributed by atoms with Crippen LogP contribution in [-0.4, -0.2) is 13.2 Å². The minimum Gasteiger partial charge on any atom is -0.497 e. The van der Waals surface area contributed by atoms with Crippen LogP contribution in [0.4, 0.5) is 0 Å². The molecule has 0 heterocycles. The lowest BCUT2D eigenvalue weighted by Gasteiger charge is -2.12. The Morgan fingerprint density at radius 2 is 2.06 bits per heavy atom. The molecule has 0 radical (unpaired) electrons. The van der Waals surface area contributed by atoms with E-state index in [0.717, 1.165) is 17.7 Å². The van der Waals surface area contributed by atoms with Crippen LogP contribution < -0.4 is 10.2 Å². The van der Waals surface area contributed by atoms with Gasteiger partial charge in [0.1, 0.15) is 5.75 Å². The van der Waals surface area contributed by atoms with Crippen molar-refractivity contribution >= 4 is 0 Å². The second-order valence-corrected chi connectivity index (χ2v) is 3.79. The summed E-state index contributed by atoms with van der Waals surface area (Å²) in [6, 6.07) is 9.89. The molecular formula is C13H18N2O2. The number of rotatable bonds is 7. The SMILES string of the molecule is COc1ccc(CNO[C@@H](C)CCC#N)cc1. The van der Waals surface area contributed by atoms with Crippen molar-refractivity contribution < 1.29 is 9.57 Å². The van der Waals surface area contributed by atoms with E-state index in [-0.39, 0.29) is 6.10 Å². The van der Waals surface area contributed by atoms with Gasteiger partial charge in [-0.05, 0) is 31.0 Å². The van der Waals surface area contributed by atoms with Gasteiger partial charge in [-0.3, -0.25) is 4.84 Å². The molecule has 0 saturated carbocycles. The van der Waals surface area contributed by atoms with E-state index in [1.54, 1.807) is 7.11 Å². The molecule has 0 bridgehead atoms. The lowest BCUT2D eigenvalue weighted by molar-refractivity contribution is -0.0218. The third-order valence-electron chi connectivity index (χ3n) is 2.38. The van der Waals surface area contributed by atoms with Crippen molar-refractivity contribution in [2.24, 2.45) is 0 Å². The highest BCUT2D eigenvalue weighted by Crippen LogP contribution is 2.11. The Kier molecular flexibility index (Phi) is 6.08. The maximum absolute atomic E-state index is 8.43. The fourth-order valence-electron chi connectivity index (χ4n) is 1.34. The first kappa shape index (κ1) is 13.5. The van der Waals surface area contributed by atoms with Gasteiger partial charge in [-0.2, -0.15) is 10.7 Å². The molecule has 4 nitrogen and oxygen atoms in total. The maximum Gasteiger partial charge on any atom is 0.118 e. The predicted molar refractivity (Wildman–Crippen MR) is 65.2 cm³/mol. The minimum atomic E-state index is 0.0490. The Bertz CT molecular complexity index is 357. The molecule has 1 N–H and O–H groups in total. The molecule has 0 spiro atoms. The van der Waals surface area contributed by atoms with Crippen LogP contribution in [0.1, 0.15) is 25.3 Å². The van der Waals surface area contributed by atoms with Gasteiger partial charge in [-0.25, -0.2) is 0 Å². The standard InChI is InChI=1S/C13H18N2O2/c1-11(4-3-9-14)17-15-10-12-5-7-13(16-2)8-6-12/h5-8,11,15H,3-4,10H2,1-2H3/t11-/m0/s1. The predicted octanol–water partition coefficient (Wildman–Crippen LogP) is 2.41. The largest absolute Gasteiger partial charge is 0.497 e. The molecule has 0 fully saturated rings. The minimum absolute atomic E-state index is 0.0490. The van der Waals surface area contributed by atoms with Crippen LogP contribution in [-0.2, 0) is 11.4 Å². The van der Waals surface area contributed by atoms with E-state index in [2.05, 4.69) is 11.5 Å². The molecule has 4 heteroatoms. The number of nitriles is 1. The normalized spacial score (nSPS) is 11.8. The number of nitrogens with zero attached hydrogens (tertiary/aromatic N) is 1. The second-order valence-electron chi connectivity index (χ2n) is 3.79. The smallest absolute Gasteiger partial charge is 0.118 e. The Morgan fingerprint density at radius 1 is 1.35 bits per heavy atom. The molecule has 0 aromatic heterocycles. The molecule has 0 aliphatic carbocycles. The van der Waals surface area contributed by atoms with Crippen LogP contribution in [0.2, 0.25) is 0 Å². The molecular weight excluding hydrogens is 216 g/mol. The van der Waals surface area contributed by atoms with Gasteiger partial charge in [0.25, 0.3) is 0 Å². The molecule has 1 rings (SSSR count). The average Bonchev–Trinajstić information content (AvgIpc) is 2.37. The van der Waals surface area contributed by atoms with Crippen LogP contribution in [0.15, 0.2) is 24.3 Å². The van der Waals surface area contributed by atoms with Crippen molar-refractivity contribution in [3.63, 3.8) is 0 Å². The van der Waals surface area contributed by atoms with Crippen molar-refractivity contribution in [3.8, 4) is 11.8 Å². The van der Waals surface area contributed by atoms with Crippen LogP contribution >= 0.6 is 0 Å². The summed E-state index contributed by atoms with van der Waals surface area (Å²) in [5.41, 5.74) is 4.02. The summed E-state index contributed by atoms with van der Waals surface area (Å²) in [6.07, 6.45) is 1.31. The van der Waals surface area contributed by atoms with Crippen molar-refractivity contribution in [1.82, 2.24) is 5.48 Å². The molecule has 1 aromatic carbocycles. The summed E-state index contributed by atoms with van der Waals surface area (Å²) in [5, 5.41) is 8.43. The highest BCUT2D eigenvalue weighted by molar-refractivity contribution is 5.26. The highest BCUT2D eigenvalue weighted by Gasteiger charge is 2.01. The first-order valence-corrected chi connectivity index (χ1v) is 5.64. The summed E-state index contributed by atoms with van der Waals surface area (Å²) in [7, 11) is 1.65. The summed E-state index contributed by atoms with van der Waals surface area (Å²) in [6.45, 7) is 2.58. The summed E-state index contributed by atoms with van der Waals surface area (Å²) in [5.74, 6) is 0.844. The zero-order valence-electron chi connectivity index (χ0n) is 10.3. The molecule has 1 atom stereocenters. The van der Waals surface area contributed by atoms with Gasteiger partial charge in [-0.15, -0.1) is 0 Å². The average molecular weight is 234 g/mol. The third kappa shape index (κ3) is 5.34. The number of hydroxylamine groups is 1. The van der Waals surface area contributed by atoms with Gasteiger partial charge in [0.05, 0.1) is 19.3 Å². The lowest BCUT2D eigenvalue weighted by Crippen LogP contribution is -2.21. The van der Waals surface area contributed by atoms with Gasteiger partial charge >= 0.3 is 0 Å². The Morgan fingerprint density at radius 3 is 2.65 bits per heavy atom. The summed E-state index contributed by atoms with van der Waals surface area (Å²) < 4.78 is 5.07. The molecule has 0 unspecified atom stereocenters. The van der Waals surface area contributed by atoms with E-state index >= 15 is 0 Å². The number of nitrogens with one attached hydrogen (secondary N) is 1. The molecule has 0 saturated heterocycles. The molecule has 17 heavy (non-hydrogen) atoms. The van der Waals surface area contributed by atoms with Gasteiger partial charge < -0.3 is 4.74 Å². The number of ether oxygens (including phenoxy) is 1.